The van der Waals surface area contributed by atoms with E-state index in [0.29, 0.717) is 18.8 Å². The number of hydrogen-bond acceptors (Lipinski definition) is 6. The second kappa shape index (κ2) is 8.23. The van der Waals surface area contributed by atoms with Gasteiger partial charge in [0.1, 0.15) is 18.0 Å². The highest BCUT2D eigenvalue weighted by atomic mass is 32.2. The first kappa shape index (κ1) is 19.8. The molecule has 0 radical (unpaired) electrons. The van der Waals surface area contributed by atoms with Crippen LogP contribution in [0, 0.1) is 0 Å². The molecule has 2 fully saturated rings. The van der Waals surface area contributed by atoms with Crippen molar-refractivity contribution in [1.82, 2.24) is 4.90 Å². The van der Waals surface area contributed by atoms with Crippen LogP contribution in [0.15, 0.2) is 30.0 Å². The van der Waals surface area contributed by atoms with Crippen molar-refractivity contribution in [3.05, 3.63) is 30.0 Å². The monoisotopic (exact) mass is 367 g/mol. The predicted octanol–water partition coefficient (Wildman–Crippen LogP) is 2.26. The lowest BCUT2D eigenvalue weighted by atomic mass is 9.96. The number of amides is 1. The minimum Gasteiger partial charge on any atom is -0.460 e. The summed E-state index contributed by atoms with van der Waals surface area (Å²) in [4.78, 5) is 26.4. The zero-order chi connectivity index (χ0) is 18.6. The summed E-state index contributed by atoms with van der Waals surface area (Å²) in [7, 11) is 0. The Labute approximate surface area is 152 Å². The van der Waals surface area contributed by atoms with Crippen LogP contribution in [0.3, 0.4) is 0 Å². The highest BCUT2D eigenvalue weighted by Gasteiger charge is 2.61. The first-order valence-electron chi connectivity index (χ1n) is 8.35. The van der Waals surface area contributed by atoms with E-state index in [1.807, 2.05) is 27.7 Å². The van der Waals surface area contributed by atoms with E-state index in [4.69, 9.17) is 14.2 Å². The predicted molar refractivity (Wildman–Crippen MR) is 95.9 cm³/mol. The van der Waals surface area contributed by atoms with E-state index in [1.165, 1.54) is 6.08 Å². The fourth-order valence-electron chi connectivity index (χ4n) is 2.86. The second-order valence-corrected chi connectivity index (χ2v) is 7.85. The number of fused-ring (bicyclic) bond motifs is 1. The number of β-lactam (4-membered cyclic amide) rings is 1. The molecule has 1 amide bonds. The maximum atomic E-state index is 12.5. The number of carbonyl (C=O) groups excluding carboxylic acids is 2. The average molecular weight is 367 g/mol. The molecule has 2 aliphatic heterocycles. The van der Waals surface area contributed by atoms with Crippen LogP contribution in [0.2, 0.25) is 0 Å². The van der Waals surface area contributed by atoms with Crippen LogP contribution >= 0.6 is 11.8 Å². The van der Waals surface area contributed by atoms with Crippen LogP contribution < -0.4 is 0 Å². The zero-order valence-corrected chi connectivity index (χ0v) is 15.9. The second-order valence-electron chi connectivity index (χ2n) is 6.11. The molecule has 25 heavy (non-hydrogen) atoms. The van der Waals surface area contributed by atoms with Gasteiger partial charge in [-0.15, -0.1) is 17.5 Å². The summed E-state index contributed by atoms with van der Waals surface area (Å²) < 4.78 is 15.6. The molecule has 138 valence electrons. The van der Waals surface area contributed by atoms with Crippen molar-refractivity contribution in [3.8, 4) is 0 Å². The Hall–Kier alpha value is -1.53. The zero-order valence-electron chi connectivity index (χ0n) is 15.1. The Kier molecular flexibility index (Phi) is 6.52. The van der Waals surface area contributed by atoms with Gasteiger partial charge in [0, 0.05) is 24.0 Å². The van der Waals surface area contributed by atoms with Gasteiger partial charge in [-0.2, -0.15) is 0 Å². The SMILES string of the molecule is C=CCOC(=O)[C@@H]1N2C(=O)C(=C=CC(OCC)OCC)[C@H]2SC1(C)C. The lowest BCUT2D eigenvalue weighted by molar-refractivity contribution is -0.156. The quantitative estimate of drug-likeness (QED) is 0.164. The fourth-order valence-corrected chi connectivity index (χ4v) is 4.39. The molecule has 6 nitrogen and oxygen atoms in total. The third kappa shape index (κ3) is 4.01. The molecule has 0 aliphatic carbocycles. The van der Waals surface area contributed by atoms with Crippen LogP contribution in [0.4, 0.5) is 0 Å². The Bertz CT molecular complexity index is 603. The summed E-state index contributed by atoms with van der Waals surface area (Å²) >= 11 is 1.55. The molecular formula is C18H25NO5S. The molecule has 2 aliphatic rings. The van der Waals surface area contributed by atoms with Gasteiger partial charge in [-0.3, -0.25) is 4.79 Å². The fraction of sp³-hybridized carbons (Fsp3) is 0.611. The molecule has 0 N–H and O–H groups in total. The summed E-state index contributed by atoms with van der Waals surface area (Å²) in [5, 5.41) is -0.205. The molecule has 0 saturated carbocycles. The lowest BCUT2D eigenvalue weighted by Gasteiger charge is -2.38. The Balaban J connectivity index is 2.19. The Morgan fingerprint density at radius 2 is 2.04 bits per heavy atom. The van der Waals surface area contributed by atoms with Crippen molar-refractivity contribution in [2.75, 3.05) is 19.8 Å². The first-order chi connectivity index (χ1) is 11.9. The van der Waals surface area contributed by atoms with Crippen LogP contribution in [0.1, 0.15) is 27.7 Å². The highest BCUT2D eigenvalue weighted by Crippen LogP contribution is 2.52. The van der Waals surface area contributed by atoms with E-state index in [9.17, 15) is 9.59 Å². The van der Waals surface area contributed by atoms with E-state index in [0.717, 1.165) is 0 Å². The Morgan fingerprint density at radius 3 is 2.60 bits per heavy atom. The number of ether oxygens (including phenoxy) is 3. The molecule has 7 heteroatoms. The van der Waals surface area contributed by atoms with E-state index >= 15 is 0 Å². The van der Waals surface area contributed by atoms with Gasteiger partial charge in [-0.25, -0.2) is 4.79 Å². The van der Waals surface area contributed by atoms with Crippen LogP contribution in [-0.4, -0.2) is 59.0 Å². The largest absolute Gasteiger partial charge is 0.460 e. The van der Waals surface area contributed by atoms with Crippen LogP contribution in [-0.2, 0) is 23.8 Å². The normalized spacial score (nSPS) is 23.8. The van der Waals surface area contributed by atoms with E-state index in [1.54, 1.807) is 22.7 Å². The number of carbonyl (C=O) groups is 2. The van der Waals surface area contributed by atoms with Crippen molar-refractivity contribution in [1.29, 1.82) is 0 Å². The third-order valence-corrected chi connectivity index (χ3v) is 5.44. The first-order valence-corrected chi connectivity index (χ1v) is 9.23. The minimum absolute atomic E-state index is 0.135. The van der Waals surface area contributed by atoms with Crippen molar-refractivity contribution in [2.24, 2.45) is 0 Å². The van der Waals surface area contributed by atoms with Gasteiger partial charge in [0.2, 0.25) is 0 Å². The molecule has 0 aromatic rings. The third-order valence-electron chi connectivity index (χ3n) is 3.92. The molecular weight excluding hydrogens is 342 g/mol. The summed E-state index contributed by atoms with van der Waals surface area (Å²) in [6.45, 7) is 12.3. The van der Waals surface area contributed by atoms with Crippen molar-refractivity contribution in [3.63, 3.8) is 0 Å². The van der Waals surface area contributed by atoms with Crippen LogP contribution in [0.5, 0.6) is 0 Å². The standard InChI is InChI=1S/C18H25NO5S/c1-6-11-24-17(21)14-18(4,5)25-16-12(15(20)19(14)16)9-10-13(22-7-2)23-8-3/h6,10,13-14,16H,1,7-8,11H2,2-5H3/t9?,14-,16+/m0/s1. The van der Waals surface area contributed by atoms with Crippen molar-refractivity contribution < 1.29 is 23.8 Å². The molecule has 0 aromatic carbocycles. The van der Waals surface area contributed by atoms with Gasteiger partial charge >= 0.3 is 5.97 Å². The summed E-state index contributed by atoms with van der Waals surface area (Å²) in [5.74, 6) is -0.607. The molecule has 0 unspecified atom stereocenters. The smallest absolute Gasteiger partial charge is 0.330 e. The summed E-state index contributed by atoms with van der Waals surface area (Å²) in [6, 6.07) is -0.616. The number of hydrogen-bond donors (Lipinski definition) is 0. The lowest BCUT2D eigenvalue weighted by Crippen LogP contribution is -2.58. The minimum atomic E-state index is -0.616. The number of esters is 1. The summed E-state index contributed by atoms with van der Waals surface area (Å²) in [6.07, 6.45) is 2.60. The highest BCUT2D eigenvalue weighted by molar-refractivity contribution is 8.01. The molecule has 2 atom stereocenters. The summed E-state index contributed by atoms with van der Waals surface area (Å²) in [5.41, 5.74) is 3.54. The van der Waals surface area contributed by atoms with Gasteiger partial charge in [0.05, 0.1) is 5.57 Å². The maximum Gasteiger partial charge on any atom is 0.330 e. The molecule has 0 spiro atoms. The van der Waals surface area contributed by atoms with Crippen molar-refractivity contribution >= 4 is 23.6 Å². The number of nitrogens with zero attached hydrogens (tertiary/aromatic N) is 1. The van der Waals surface area contributed by atoms with Crippen LogP contribution in [0.25, 0.3) is 0 Å². The van der Waals surface area contributed by atoms with Gasteiger partial charge in [0.25, 0.3) is 5.91 Å². The van der Waals surface area contributed by atoms with E-state index in [-0.39, 0.29) is 17.9 Å². The number of rotatable bonds is 8. The molecule has 2 heterocycles. The van der Waals surface area contributed by atoms with Crippen molar-refractivity contribution in [2.45, 2.75) is 50.1 Å². The molecule has 2 saturated heterocycles. The molecule has 0 aromatic heterocycles. The van der Waals surface area contributed by atoms with Gasteiger partial charge in [-0.05, 0) is 27.7 Å². The van der Waals surface area contributed by atoms with E-state index in [2.05, 4.69) is 12.3 Å². The van der Waals surface area contributed by atoms with Gasteiger partial charge in [0.15, 0.2) is 6.29 Å². The molecule has 0 bridgehead atoms. The maximum absolute atomic E-state index is 12.5. The number of thioether (sulfide) groups is 1. The topological polar surface area (TPSA) is 65.1 Å². The van der Waals surface area contributed by atoms with E-state index < -0.39 is 23.0 Å². The van der Waals surface area contributed by atoms with Gasteiger partial charge in [-0.1, -0.05) is 12.7 Å². The Morgan fingerprint density at radius 1 is 1.40 bits per heavy atom. The average Bonchev–Trinajstić information content (AvgIpc) is 2.81. The van der Waals surface area contributed by atoms with Gasteiger partial charge < -0.3 is 19.1 Å². The molecule has 2 rings (SSSR count).